The lowest BCUT2D eigenvalue weighted by Gasteiger charge is -2.25. The number of esters is 2. The second kappa shape index (κ2) is 44.0. The maximum absolute atomic E-state index is 12.7. The molecule has 0 radical (unpaired) electrons. The molecule has 0 rings (SSSR count). The molecule has 11 nitrogen and oxygen atoms in total. The van der Waals surface area contributed by atoms with Gasteiger partial charge >= 0.3 is 11.9 Å². The highest BCUT2D eigenvalue weighted by Gasteiger charge is 2.21. The zero-order chi connectivity index (χ0) is 43.3. The highest BCUT2D eigenvalue weighted by molar-refractivity contribution is 7.45. The topological polar surface area (TPSA) is 168 Å². The summed E-state index contributed by atoms with van der Waals surface area (Å²) in [6.45, 7) is 4.17. The van der Waals surface area contributed by atoms with Gasteiger partial charge in [-0.1, -0.05) is 141 Å². The molecule has 0 fully saturated rings. The van der Waals surface area contributed by atoms with Crippen molar-refractivity contribution < 1.29 is 48.1 Å². The number of quaternary nitrogens is 1. The number of hydrogen-bond acceptors (Lipinski definition) is 9. The Morgan fingerprint density at radius 2 is 0.983 bits per heavy atom. The van der Waals surface area contributed by atoms with Crippen molar-refractivity contribution in [3.63, 3.8) is 0 Å². The second-order valence-corrected chi connectivity index (χ2v) is 17.5. The molecule has 59 heavy (non-hydrogen) atoms. The minimum absolute atomic E-state index is 0.00605. The summed E-state index contributed by atoms with van der Waals surface area (Å²) in [4.78, 5) is 49.6. The molecule has 2 unspecified atom stereocenters. The van der Waals surface area contributed by atoms with Crippen LogP contribution in [-0.2, 0) is 37.5 Å². The third-order valence-electron chi connectivity index (χ3n) is 10.3. The van der Waals surface area contributed by atoms with Gasteiger partial charge in [0.15, 0.2) is 6.10 Å². The molecule has 0 heterocycles. The Balaban J connectivity index is 4.52. The Labute approximate surface area is 360 Å². The lowest BCUT2D eigenvalue weighted by molar-refractivity contribution is -0.368. The fourth-order valence-corrected chi connectivity index (χ4v) is 7.32. The van der Waals surface area contributed by atoms with Gasteiger partial charge in [0, 0.05) is 25.8 Å². The number of hydrogen-bond donors (Lipinski definition) is 2. The smallest absolute Gasteiger partial charge is 0.306 e. The number of carbonyl (C=O) groups is 3. The maximum Gasteiger partial charge on any atom is 0.306 e. The summed E-state index contributed by atoms with van der Waals surface area (Å²) in [5.41, 5.74) is 3.78. The molecule has 0 aromatic carbocycles. The third-order valence-corrected chi connectivity index (χ3v) is 11.2. The van der Waals surface area contributed by atoms with Crippen molar-refractivity contribution in [3.05, 3.63) is 24.3 Å². The van der Waals surface area contributed by atoms with Crippen LogP contribution in [0.15, 0.2) is 24.3 Å². The number of phosphoric ester groups is 1. The number of allylic oxidation sites excluding steroid dienone is 4. The summed E-state index contributed by atoms with van der Waals surface area (Å²) in [6.07, 6.45) is 41.5. The number of rotatable bonds is 45. The summed E-state index contributed by atoms with van der Waals surface area (Å²) < 4.78 is 33.3. The Morgan fingerprint density at radius 3 is 1.47 bits per heavy atom. The van der Waals surface area contributed by atoms with Crippen molar-refractivity contribution in [2.45, 2.75) is 225 Å². The van der Waals surface area contributed by atoms with E-state index >= 15 is 0 Å². The predicted octanol–water partition coefficient (Wildman–Crippen LogP) is 10.9. The molecule has 0 saturated carbocycles. The number of ether oxygens (including phenoxy) is 2. The third kappa shape index (κ3) is 43.8. The van der Waals surface area contributed by atoms with Crippen LogP contribution in [0.1, 0.15) is 219 Å². The van der Waals surface area contributed by atoms with E-state index in [2.05, 4.69) is 49.2 Å². The zero-order valence-electron chi connectivity index (χ0n) is 37.9. The maximum atomic E-state index is 12.7. The molecule has 0 bridgehead atoms. The van der Waals surface area contributed by atoms with Crippen LogP contribution in [-0.4, -0.2) is 56.9 Å². The van der Waals surface area contributed by atoms with Crippen molar-refractivity contribution >= 4 is 25.7 Å². The van der Waals surface area contributed by atoms with Gasteiger partial charge in [0.2, 0.25) is 5.91 Å². The minimum Gasteiger partial charge on any atom is -0.756 e. The van der Waals surface area contributed by atoms with Gasteiger partial charge in [-0.2, -0.15) is 0 Å². The van der Waals surface area contributed by atoms with E-state index in [1.165, 1.54) is 83.5 Å². The molecule has 0 spiro atoms. The number of phosphoric acid groups is 1. The SMILES string of the molecule is CCCCCCCC/C=C/CCCCCCCC(=O)OCC(COP(=O)([O-])OCCNC(=O)CCCCC[NH3+])OC(=O)CCCCCCC/C=C/CCCCCCCC. The Bertz CT molecular complexity index is 1090. The van der Waals surface area contributed by atoms with Crippen molar-refractivity contribution in [2.75, 3.05) is 32.9 Å². The van der Waals surface area contributed by atoms with E-state index in [4.69, 9.17) is 18.5 Å². The first-order valence-electron chi connectivity index (χ1n) is 24.0. The summed E-state index contributed by atoms with van der Waals surface area (Å²) >= 11 is 0. The van der Waals surface area contributed by atoms with Gasteiger partial charge in [-0.3, -0.25) is 18.9 Å². The van der Waals surface area contributed by atoms with Gasteiger partial charge in [0.05, 0.1) is 19.8 Å². The Kier molecular flexibility index (Phi) is 42.5. The van der Waals surface area contributed by atoms with Gasteiger partial charge in [-0.25, -0.2) is 0 Å². The minimum atomic E-state index is -4.78. The van der Waals surface area contributed by atoms with Crippen molar-refractivity contribution in [2.24, 2.45) is 0 Å². The first-order valence-corrected chi connectivity index (χ1v) is 25.5. The molecule has 1 amide bonds. The molecule has 2 atom stereocenters. The molecule has 346 valence electrons. The second-order valence-electron chi connectivity index (χ2n) is 16.1. The summed E-state index contributed by atoms with van der Waals surface area (Å²) in [5.74, 6) is -1.10. The summed E-state index contributed by atoms with van der Waals surface area (Å²) in [5, 5.41) is 2.63. The predicted molar refractivity (Wildman–Crippen MR) is 238 cm³/mol. The van der Waals surface area contributed by atoms with E-state index in [0.29, 0.717) is 19.3 Å². The Hall–Kier alpha value is -2.04. The summed E-state index contributed by atoms with van der Waals surface area (Å²) in [7, 11) is -4.78. The molecule has 0 aromatic rings. The van der Waals surface area contributed by atoms with Crippen LogP contribution < -0.4 is 15.9 Å². The van der Waals surface area contributed by atoms with Gasteiger partial charge < -0.3 is 34.5 Å². The largest absolute Gasteiger partial charge is 0.756 e. The van der Waals surface area contributed by atoms with Gasteiger partial charge in [-0.15, -0.1) is 0 Å². The molecular formula is C47H89N2O9P. The van der Waals surface area contributed by atoms with Crippen molar-refractivity contribution in [1.29, 1.82) is 0 Å². The van der Waals surface area contributed by atoms with E-state index in [0.717, 1.165) is 96.4 Å². The van der Waals surface area contributed by atoms with Gasteiger partial charge in [0.1, 0.15) is 6.61 Å². The average molecular weight is 857 g/mol. The van der Waals surface area contributed by atoms with E-state index in [1.54, 1.807) is 0 Å². The van der Waals surface area contributed by atoms with Gasteiger partial charge in [0.25, 0.3) is 7.82 Å². The fraction of sp³-hybridized carbons (Fsp3) is 0.851. The quantitative estimate of drug-likeness (QED) is 0.0262. The Morgan fingerprint density at radius 1 is 0.559 bits per heavy atom. The normalized spacial score (nSPS) is 13.2. The van der Waals surface area contributed by atoms with E-state index in [1.807, 2.05) is 0 Å². The molecule has 0 aromatic heterocycles. The molecule has 0 aliphatic rings. The summed E-state index contributed by atoms with van der Waals surface area (Å²) in [6, 6.07) is 0. The van der Waals surface area contributed by atoms with E-state index in [9.17, 15) is 23.8 Å². The van der Waals surface area contributed by atoms with Crippen molar-refractivity contribution in [1.82, 2.24) is 5.32 Å². The number of nitrogens with one attached hydrogen (secondary N) is 1. The van der Waals surface area contributed by atoms with Crippen LogP contribution in [0, 0.1) is 0 Å². The number of amides is 1. The number of unbranched alkanes of at least 4 members (excludes halogenated alkanes) is 24. The molecular weight excluding hydrogens is 767 g/mol. The first kappa shape index (κ1) is 57.0. The molecule has 12 heteroatoms. The lowest BCUT2D eigenvalue weighted by Crippen LogP contribution is -2.50. The van der Waals surface area contributed by atoms with Crippen LogP contribution >= 0.6 is 7.82 Å². The first-order chi connectivity index (χ1) is 28.7. The van der Waals surface area contributed by atoms with Crippen LogP contribution in [0.5, 0.6) is 0 Å². The van der Waals surface area contributed by atoms with Crippen LogP contribution in [0.25, 0.3) is 0 Å². The highest BCUT2D eigenvalue weighted by atomic mass is 31.2. The lowest BCUT2D eigenvalue weighted by atomic mass is 10.1. The van der Waals surface area contributed by atoms with Crippen LogP contribution in [0.2, 0.25) is 0 Å². The average Bonchev–Trinajstić information content (AvgIpc) is 3.22. The molecule has 0 aliphatic heterocycles. The molecule has 0 saturated heterocycles. The van der Waals surface area contributed by atoms with Crippen molar-refractivity contribution in [3.8, 4) is 0 Å². The molecule has 0 aliphatic carbocycles. The zero-order valence-corrected chi connectivity index (χ0v) is 38.8. The monoisotopic (exact) mass is 857 g/mol. The molecule has 4 N–H and O–H groups in total. The fourth-order valence-electron chi connectivity index (χ4n) is 6.59. The van der Waals surface area contributed by atoms with Crippen LogP contribution in [0.4, 0.5) is 0 Å². The number of carbonyl (C=O) groups excluding carboxylic acids is 3. The van der Waals surface area contributed by atoms with E-state index in [-0.39, 0.29) is 38.5 Å². The van der Waals surface area contributed by atoms with Gasteiger partial charge in [-0.05, 0) is 83.5 Å². The standard InChI is InChI=1S/C47H89N2O9P/c1-3-5-7-9-11-13-15-17-19-21-23-25-27-29-33-37-46(51)55-42-44(43-57-59(53,54)56-41-40-49-45(50)36-32-31-35-39-48)58-47(52)38-34-30-28-26-24-22-20-18-16-14-12-10-8-6-4-2/h17-20,44H,3-16,21-43,48H2,1-2H3,(H,49,50)(H,53,54)/b19-17+,20-18+. The highest BCUT2D eigenvalue weighted by Crippen LogP contribution is 2.38. The van der Waals surface area contributed by atoms with Crippen LogP contribution in [0.3, 0.4) is 0 Å². The van der Waals surface area contributed by atoms with E-state index < -0.39 is 32.5 Å².